The SMILES string of the molecule is CC(C)(C)COOC(=O)c1ccc([Si](C)(C)C)cc1. The van der Waals surface area contributed by atoms with Crippen LogP contribution in [0.3, 0.4) is 0 Å². The van der Waals surface area contributed by atoms with E-state index in [9.17, 15) is 4.79 Å². The lowest BCUT2D eigenvalue weighted by Crippen LogP contribution is -2.37. The Hall–Kier alpha value is -1.13. The third-order valence-electron chi connectivity index (χ3n) is 2.61. The Labute approximate surface area is 116 Å². The molecule has 0 spiro atoms. The second kappa shape index (κ2) is 5.88. The fraction of sp³-hybridized carbons (Fsp3) is 0.533. The first-order valence-corrected chi connectivity index (χ1v) is 10.0. The Kier molecular flexibility index (Phi) is 4.93. The molecule has 0 aromatic heterocycles. The van der Waals surface area contributed by atoms with Gasteiger partial charge >= 0.3 is 5.97 Å². The van der Waals surface area contributed by atoms with Crippen molar-refractivity contribution in [3.05, 3.63) is 29.8 Å². The summed E-state index contributed by atoms with van der Waals surface area (Å²) < 4.78 is 0. The van der Waals surface area contributed by atoms with Crippen LogP contribution < -0.4 is 5.19 Å². The summed E-state index contributed by atoms with van der Waals surface area (Å²) in [6.07, 6.45) is 0. The Balaban J connectivity index is 2.59. The molecular formula is C15H24O3Si. The predicted octanol–water partition coefficient (Wildman–Crippen LogP) is 3.37. The highest BCUT2D eigenvalue weighted by molar-refractivity contribution is 6.88. The van der Waals surface area contributed by atoms with Crippen LogP contribution in [0.15, 0.2) is 24.3 Å². The Morgan fingerprint density at radius 3 is 2.05 bits per heavy atom. The maximum atomic E-state index is 11.8. The van der Waals surface area contributed by atoms with Crippen molar-refractivity contribution in [3.8, 4) is 0 Å². The fourth-order valence-electron chi connectivity index (χ4n) is 1.41. The van der Waals surface area contributed by atoms with Gasteiger partial charge in [-0.3, -0.25) is 4.89 Å². The van der Waals surface area contributed by atoms with E-state index in [-0.39, 0.29) is 5.41 Å². The molecule has 0 radical (unpaired) electrons. The first kappa shape index (κ1) is 15.9. The highest BCUT2D eigenvalue weighted by Gasteiger charge is 2.18. The van der Waals surface area contributed by atoms with Crippen LogP contribution in [-0.4, -0.2) is 20.7 Å². The maximum absolute atomic E-state index is 11.8. The number of hydrogen-bond donors (Lipinski definition) is 0. The molecule has 106 valence electrons. The van der Waals surface area contributed by atoms with Crippen molar-refractivity contribution in [3.63, 3.8) is 0 Å². The topological polar surface area (TPSA) is 35.5 Å². The molecule has 0 unspecified atom stereocenters. The minimum atomic E-state index is -1.32. The molecule has 0 N–H and O–H groups in total. The summed E-state index contributed by atoms with van der Waals surface area (Å²) in [4.78, 5) is 21.5. The van der Waals surface area contributed by atoms with Crippen molar-refractivity contribution in [2.75, 3.05) is 6.61 Å². The molecule has 19 heavy (non-hydrogen) atoms. The van der Waals surface area contributed by atoms with E-state index < -0.39 is 14.0 Å². The molecule has 1 aromatic rings. The predicted molar refractivity (Wildman–Crippen MR) is 80.2 cm³/mol. The third kappa shape index (κ3) is 5.57. The van der Waals surface area contributed by atoms with Crippen LogP contribution in [0.5, 0.6) is 0 Å². The van der Waals surface area contributed by atoms with Crippen molar-refractivity contribution in [2.24, 2.45) is 5.41 Å². The van der Waals surface area contributed by atoms with Crippen LogP contribution in [0, 0.1) is 5.41 Å². The van der Waals surface area contributed by atoms with Crippen molar-refractivity contribution in [2.45, 2.75) is 40.4 Å². The molecule has 3 nitrogen and oxygen atoms in total. The van der Waals surface area contributed by atoms with Gasteiger partial charge in [-0.1, -0.05) is 57.7 Å². The van der Waals surface area contributed by atoms with E-state index in [1.165, 1.54) is 5.19 Å². The summed E-state index contributed by atoms with van der Waals surface area (Å²) in [6, 6.07) is 7.62. The molecule has 0 heterocycles. The van der Waals surface area contributed by atoms with Gasteiger partial charge in [-0.2, -0.15) is 4.89 Å². The lowest BCUT2D eigenvalue weighted by Gasteiger charge is -2.17. The van der Waals surface area contributed by atoms with Gasteiger partial charge in [-0.05, 0) is 17.5 Å². The lowest BCUT2D eigenvalue weighted by atomic mass is 9.99. The standard InChI is InChI=1S/C15H24O3Si/c1-15(2,3)11-17-18-14(16)12-7-9-13(10-8-12)19(4,5)6/h7-10H,11H2,1-6H3. The van der Waals surface area contributed by atoms with E-state index in [4.69, 9.17) is 9.78 Å². The normalized spacial score (nSPS) is 12.3. The molecule has 0 aliphatic carbocycles. The molecule has 0 amide bonds. The van der Waals surface area contributed by atoms with Crippen molar-refractivity contribution < 1.29 is 14.6 Å². The molecular weight excluding hydrogens is 256 g/mol. The molecule has 0 saturated heterocycles. The van der Waals surface area contributed by atoms with Gasteiger partial charge in [0.15, 0.2) is 0 Å². The summed E-state index contributed by atoms with van der Waals surface area (Å²) in [7, 11) is -1.32. The second-order valence-electron chi connectivity index (χ2n) is 7.02. The Morgan fingerprint density at radius 1 is 1.11 bits per heavy atom. The van der Waals surface area contributed by atoms with Crippen molar-refractivity contribution in [1.29, 1.82) is 0 Å². The summed E-state index contributed by atoms with van der Waals surface area (Å²) in [5.41, 5.74) is 0.498. The second-order valence-corrected chi connectivity index (χ2v) is 12.1. The van der Waals surface area contributed by atoms with Crippen LogP contribution in [-0.2, 0) is 9.78 Å². The highest BCUT2D eigenvalue weighted by Crippen LogP contribution is 2.13. The molecule has 0 aliphatic rings. The number of benzene rings is 1. The highest BCUT2D eigenvalue weighted by atomic mass is 28.3. The summed E-state index contributed by atoms with van der Waals surface area (Å²) >= 11 is 0. The van der Waals surface area contributed by atoms with Gasteiger partial charge in [0.05, 0.1) is 20.2 Å². The van der Waals surface area contributed by atoms with Gasteiger partial charge in [0, 0.05) is 0 Å². The van der Waals surface area contributed by atoms with E-state index in [2.05, 4.69) is 19.6 Å². The molecule has 0 fully saturated rings. The average molecular weight is 280 g/mol. The molecule has 0 bridgehead atoms. The van der Waals surface area contributed by atoms with E-state index >= 15 is 0 Å². The molecule has 0 aliphatic heterocycles. The van der Waals surface area contributed by atoms with Gasteiger partial charge in [0.25, 0.3) is 0 Å². The monoisotopic (exact) mass is 280 g/mol. The zero-order valence-electron chi connectivity index (χ0n) is 12.7. The minimum absolute atomic E-state index is 0.0258. The zero-order chi connectivity index (χ0) is 14.7. The Morgan fingerprint density at radius 2 is 1.63 bits per heavy atom. The maximum Gasteiger partial charge on any atom is 0.373 e. The van der Waals surface area contributed by atoms with E-state index in [0.717, 1.165) is 0 Å². The molecule has 1 rings (SSSR count). The fourth-order valence-corrected chi connectivity index (χ4v) is 2.58. The Bertz CT molecular complexity index is 424. The van der Waals surface area contributed by atoms with Crippen molar-refractivity contribution in [1.82, 2.24) is 0 Å². The van der Waals surface area contributed by atoms with E-state index in [1.807, 2.05) is 32.9 Å². The largest absolute Gasteiger partial charge is 0.373 e. The number of hydrogen-bond acceptors (Lipinski definition) is 3. The summed E-state index contributed by atoms with van der Waals surface area (Å²) in [5.74, 6) is -0.439. The van der Waals surface area contributed by atoms with Crippen molar-refractivity contribution >= 4 is 19.2 Å². The smallest absolute Gasteiger partial charge is 0.293 e. The van der Waals surface area contributed by atoms with Crippen LogP contribution in [0.4, 0.5) is 0 Å². The minimum Gasteiger partial charge on any atom is -0.293 e. The quantitative estimate of drug-likeness (QED) is 0.482. The van der Waals surface area contributed by atoms with Crippen LogP contribution in [0.25, 0.3) is 0 Å². The van der Waals surface area contributed by atoms with Crippen LogP contribution >= 0.6 is 0 Å². The summed E-state index contributed by atoms with van der Waals surface area (Å²) in [6.45, 7) is 13.2. The van der Waals surface area contributed by atoms with Crippen LogP contribution in [0.2, 0.25) is 19.6 Å². The lowest BCUT2D eigenvalue weighted by molar-refractivity contribution is -0.255. The van der Waals surface area contributed by atoms with Gasteiger partial charge in [-0.15, -0.1) is 0 Å². The molecule has 4 heteroatoms. The van der Waals surface area contributed by atoms with E-state index in [1.54, 1.807) is 12.1 Å². The zero-order valence-corrected chi connectivity index (χ0v) is 13.7. The molecule has 0 saturated carbocycles. The molecule has 0 atom stereocenters. The number of carbonyl (C=O) groups is 1. The first-order valence-electron chi connectivity index (χ1n) is 6.54. The number of carbonyl (C=O) groups excluding carboxylic acids is 1. The van der Waals surface area contributed by atoms with Gasteiger partial charge in [0.2, 0.25) is 0 Å². The first-order chi connectivity index (χ1) is 8.59. The molecule has 1 aromatic carbocycles. The van der Waals surface area contributed by atoms with Gasteiger partial charge in [-0.25, -0.2) is 4.79 Å². The van der Waals surface area contributed by atoms with E-state index in [0.29, 0.717) is 12.2 Å². The van der Waals surface area contributed by atoms with Gasteiger partial charge in [0.1, 0.15) is 0 Å². The summed E-state index contributed by atoms with van der Waals surface area (Å²) in [5, 5.41) is 1.32. The average Bonchev–Trinajstić information content (AvgIpc) is 2.26. The number of rotatable bonds is 4. The van der Waals surface area contributed by atoms with Crippen LogP contribution in [0.1, 0.15) is 31.1 Å². The third-order valence-corrected chi connectivity index (χ3v) is 4.68. The van der Waals surface area contributed by atoms with Gasteiger partial charge < -0.3 is 0 Å².